The maximum atomic E-state index is 13.0. The van der Waals surface area contributed by atoms with Crippen LogP contribution in [0.2, 0.25) is 0 Å². The highest BCUT2D eigenvalue weighted by atomic mass is 16.2. The Hall–Kier alpha value is -1.62. The van der Waals surface area contributed by atoms with Gasteiger partial charge < -0.3 is 9.80 Å². The summed E-state index contributed by atoms with van der Waals surface area (Å²) in [6.07, 6.45) is 3.84. The Morgan fingerprint density at radius 1 is 1.33 bits per heavy atom. The number of hydrogen-bond acceptors (Lipinski definition) is 3. The minimum atomic E-state index is -0.588. The lowest BCUT2D eigenvalue weighted by Gasteiger charge is -2.48. The predicted molar refractivity (Wildman–Crippen MR) is 82.7 cm³/mol. The average molecular weight is 291 g/mol. The van der Waals surface area contributed by atoms with E-state index in [2.05, 4.69) is 18.1 Å². The van der Waals surface area contributed by atoms with Crippen LogP contribution in [0, 0.1) is 0 Å². The largest absolute Gasteiger partial charge is 0.337 e. The average Bonchev–Trinajstić information content (AvgIpc) is 2.89. The first kappa shape index (κ1) is 15.8. The third-order valence-electron chi connectivity index (χ3n) is 4.58. The van der Waals surface area contributed by atoms with Gasteiger partial charge in [-0.05, 0) is 26.3 Å². The van der Waals surface area contributed by atoms with Gasteiger partial charge in [0.25, 0.3) is 0 Å². The van der Waals surface area contributed by atoms with Crippen LogP contribution in [0.5, 0.6) is 0 Å². The van der Waals surface area contributed by atoms with Gasteiger partial charge in [-0.2, -0.15) is 0 Å². The van der Waals surface area contributed by atoms with E-state index in [1.165, 1.54) is 6.08 Å². The normalized spacial score (nSPS) is 26.7. The summed E-state index contributed by atoms with van der Waals surface area (Å²) < 4.78 is 0. The van der Waals surface area contributed by atoms with Crippen LogP contribution in [0.15, 0.2) is 25.3 Å². The molecule has 2 rings (SSSR count). The molecule has 0 N–H and O–H groups in total. The van der Waals surface area contributed by atoms with Gasteiger partial charge in [0, 0.05) is 38.8 Å². The van der Waals surface area contributed by atoms with Crippen LogP contribution < -0.4 is 0 Å². The van der Waals surface area contributed by atoms with Crippen LogP contribution >= 0.6 is 0 Å². The van der Waals surface area contributed by atoms with E-state index in [4.69, 9.17) is 0 Å². The quantitative estimate of drug-likeness (QED) is 0.570. The van der Waals surface area contributed by atoms with Gasteiger partial charge in [-0.1, -0.05) is 12.7 Å². The summed E-state index contributed by atoms with van der Waals surface area (Å²) in [6.45, 7) is 14.7. The van der Waals surface area contributed by atoms with Crippen molar-refractivity contribution in [1.82, 2.24) is 14.7 Å². The summed E-state index contributed by atoms with van der Waals surface area (Å²) in [4.78, 5) is 30.7. The third kappa shape index (κ3) is 2.62. The molecule has 2 aliphatic rings. The zero-order valence-electron chi connectivity index (χ0n) is 13.0. The summed E-state index contributed by atoms with van der Waals surface area (Å²) in [5.41, 5.74) is -0.588. The molecule has 2 amide bonds. The van der Waals surface area contributed by atoms with E-state index in [-0.39, 0.29) is 17.9 Å². The standard InChI is InChI=1S/C16H25N3O2/c1-5-8-18-10-11-19(13(3)4)15(21)16(18)7-9-17(12-16)14(20)6-2/h5-6,13H,1-2,7-12H2,3-4H3. The fourth-order valence-electron chi connectivity index (χ4n) is 3.40. The lowest BCUT2D eigenvalue weighted by atomic mass is 9.90. The molecule has 5 heteroatoms. The highest BCUT2D eigenvalue weighted by Gasteiger charge is 2.53. The van der Waals surface area contributed by atoms with Crippen molar-refractivity contribution in [3.05, 3.63) is 25.3 Å². The van der Waals surface area contributed by atoms with Gasteiger partial charge in [0.05, 0.1) is 0 Å². The number of piperazine rings is 1. The molecule has 0 bridgehead atoms. The molecule has 0 aromatic carbocycles. The molecule has 116 valence electrons. The van der Waals surface area contributed by atoms with Gasteiger partial charge in [-0.25, -0.2) is 0 Å². The molecule has 5 nitrogen and oxygen atoms in total. The zero-order valence-corrected chi connectivity index (χ0v) is 13.0. The van der Waals surface area contributed by atoms with Gasteiger partial charge in [-0.15, -0.1) is 6.58 Å². The number of carbonyl (C=O) groups is 2. The molecule has 1 unspecified atom stereocenters. The topological polar surface area (TPSA) is 43.9 Å². The number of nitrogens with zero attached hydrogens (tertiary/aromatic N) is 3. The highest BCUT2D eigenvalue weighted by molar-refractivity contribution is 5.92. The summed E-state index contributed by atoms with van der Waals surface area (Å²) in [5.74, 6) is 0.0462. The molecule has 2 heterocycles. The molecule has 1 spiro atoms. The van der Waals surface area contributed by atoms with Gasteiger partial charge >= 0.3 is 0 Å². The van der Waals surface area contributed by atoms with E-state index in [0.29, 0.717) is 26.1 Å². The van der Waals surface area contributed by atoms with E-state index in [1.807, 2.05) is 24.8 Å². The Bertz CT molecular complexity index is 460. The Morgan fingerprint density at radius 2 is 2.05 bits per heavy atom. The number of amides is 2. The molecule has 0 aliphatic carbocycles. The van der Waals surface area contributed by atoms with E-state index in [9.17, 15) is 9.59 Å². The van der Waals surface area contributed by atoms with Gasteiger partial charge in [-0.3, -0.25) is 14.5 Å². The second kappa shape index (κ2) is 6.02. The third-order valence-corrected chi connectivity index (χ3v) is 4.58. The predicted octanol–water partition coefficient (Wildman–Crippen LogP) is 0.882. The molecular weight excluding hydrogens is 266 g/mol. The van der Waals surface area contributed by atoms with Crippen LogP contribution in [-0.4, -0.2) is 70.8 Å². The smallest absolute Gasteiger partial charge is 0.246 e. The molecule has 1 atom stereocenters. The number of rotatable bonds is 4. The molecule has 2 fully saturated rings. The molecule has 0 radical (unpaired) electrons. The van der Waals surface area contributed by atoms with E-state index >= 15 is 0 Å². The summed E-state index contributed by atoms with van der Waals surface area (Å²) in [6, 6.07) is 0.185. The fraction of sp³-hybridized carbons (Fsp3) is 0.625. The number of carbonyl (C=O) groups excluding carboxylic acids is 2. The first-order chi connectivity index (χ1) is 9.96. The highest BCUT2D eigenvalue weighted by Crippen LogP contribution is 2.33. The van der Waals surface area contributed by atoms with Crippen molar-refractivity contribution in [2.24, 2.45) is 0 Å². The second-order valence-corrected chi connectivity index (χ2v) is 6.07. The second-order valence-electron chi connectivity index (χ2n) is 6.07. The van der Waals surface area contributed by atoms with E-state index < -0.39 is 5.54 Å². The van der Waals surface area contributed by atoms with Crippen molar-refractivity contribution < 1.29 is 9.59 Å². The van der Waals surface area contributed by atoms with Gasteiger partial charge in [0.15, 0.2) is 0 Å². The zero-order chi connectivity index (χ0) is 15.6. The molecule has 0 aromatic rings. The molecule has 21 heavy (non-hydrogen) atoms. The van der Waals surface area contributed by atoms with Crippen LogP contribution in [0.1, 0.15) is 20.3 Å². The maximum Gasteiger partial charge on any atom is 0.246 e. The first-order valence-electron chi connectivity index (χ1n) is 7.54. The monoisotopic (exact) mass is 291 g/mol. The Labute approximate surface area is 126 Å². The summed E-state index contributed by atoms with van der Waals surface area (Å²) in [5, 5.41) is 0. The van der Waals surface area contributed by atoms with E-state index in [0.717, 1.165) is 13.1 Å². The fourth-order valence-corrected chi connectivity index (χ4v) is 3.40. The van der Waals surface area contributed by atoms with Gasteiger partial charge in [0.1, 0.15) is 5.54 Å². The Morgan fingerprint density at radius 3 is 2.62 bits per heavy atom. The summed E-state index contributed by atoms with van der Waals surface area (Å²) in [7, 11) is 0. The number of hydrogen-bond donors (Lipinski definition) is 0. The maximum absolute atomic E-state index is 13.0. The first-order valence-corrected chi connectivity index (χ1v) is 7.54. The molecule has 0 aromatic heterocycles. The van der Waals surface area contributed by atoms with Gasteiger partial charge in [0.2, 0.25) is 11.8 Å². The molecule has 2 saturated heterocycles. The van der Waals surface area contributed by atoms with Crippen LogP contribution in [0.3, 0.4) is 0 Å². The van der Waals surface area contributed by atoms with Crippen molar-refractivity contribution >= 4 is 11.8 Å². The lowest BCUT2D eigenvalue weighted by Crippen LogP contribution is -2.68. The molecule has 2 aliphatic heterocycles. The van der Waals surface area contributed by atoms with Crippen LogP contribution in [0.4, 0.5) is 0 Å². The molecular formula is C16H25N3O2. The minimum Gasteiger partial charge on any atom is -0.337 e. The molecule has 0 saturated carbocycles. The lowest BCUT2D eigenvalue weighted by molar-refractivity contribution is -0.152. The van der Waals surface area contributed by atoms with Crippen molar-refractivity contribution in [2.45, 2.75) is 31.8 Å². The van der Waals surface area contributed by atoms with Crippen LogP contribution in [0.25, 0.3) is 0 Å². The summed E-state index contributed by atoms with van der Waals surface area (Å²) >= 11 is 0. The minimum absolute atomic E-state index is 0.0973. The Kier molecular flexibility index (Phi) is 4.52. The van der Waals surface area contributed by atoms with E-state index in [1.54, 1.807) is 4.90 Å². The van der Waals surface area contributed by atoms with Crippen molar-refractivity contribution in [3.8, 4) is 0 Å². The van der Waals surface area contributed by atoms with Crippen molar-refractivity contribution in [3.63, 3.8) is 0 Å². The number of likely N-dealkylation sites (tertiary alicyclic amines) is 1. The van der Waals surface area contributed by atoms with Crippen LogP contribution in [-0.2, 0) is 9.59 Å². The van der Waals surface area contributed by atoms with Crippen molar-refractivity contribution in [2.75, 3.05) is 32.7 Å². The Balaban J connectivity index is 2.29. The SMILES string of the molecule is C=CCN1CCN(C(C)C)C(=O)C12CCN(C(=O)C=C)C2. The van der Waals surface area contributed by atoms with Crippen molar-refractivity contribution in [1.29, 1.82) is 0 Å².